The number of carbonyl (C=O) groups excluding carboxylic acids is 1. The van der Waals surface area contributed by atoms with Gasteiger partial charge in [0.05, 0.1) is 22.5 Å². The molecule has 1 aromatic heterocycles. The first kappa shape index (κ1) is 17.0. The molecule has 1 aliphatic heterocycles. The van der Waals surface area contributed by atoms with Crippen LogP contribution in [-0.4, -0.2) is 48.9 Å². The van der Waals surface area contributed by atoms with E-state index in [1.807, 2.05) is 42.5 Å². The van der Waals surface area contributed by atoms with Gasteiger partial charge in [0.2, 0.25) is 0 Å². The van der Waals surface area contributed by atoms with Crippen LogP contribution in [-0.2, 0) is 0 Å². The number of carbonyl (C=O) groups is 1. The van der Waals surface area contributed by atoms with Crippen molar-refractivity contribution in [2.45, 2.75) is 0 Å². The summed E-state index contributed by atoms with van der Waals surface area (Å²) in [7, 11) is 2.15. The molecule has 1 saturated heterocycles. The summed E-state index contributed by atoms with van der Waals surface area (Å²) in [6.07, 6.45) is 0. The number of ketones is 1. The van der Waals surface area contributed by atoms with Gasteiger partial charge in [0.25, 0.3) is 0 Å². The molecule has 0 amide bonds. The molecular formula is C21H20ClN3O. The first-order valence-electron chi connectivity index (χ1n) is 8.74. The van der Waals surface area contributed by atoms with Crippen LogP contribution in [0, 0.1) is 0 Å². The lowest BCUT2D eigenvalue weighted by Crippen LogP contribution is -2.45. The number of piperazine rings is 1. The third kappa shape index (κ3) is 2.41. The van der Waals surface area contributed by atoms with Gasteiger partial charge in [-0.25, -0.2) is 4.98 Å². The average Bonchev–Trinajstić information content (AvgIpc) is 2.93. The van der Waals surface area contributed by atoms with Gasteiger partial charge in [-0.3, -0.25) is 4.79 Å². The summed E-state index contributed by atoms with van der Waals surface area (Å²) in [6.45, 7) is 3.88. The van der Waals surface area contributed by atoms with E-state index in [2.05, 4.69) is 22.9 Å². The lowest BCUT2D eigenvalue weighted by molar-refractivity contribution is 0.104. The Morgan fingerprint density at radius 2 is 1.54 bits per heavy atom. The number of anilines is 1. The molecule has 4 nitrogen and oxygen atoms in total. The molecule has 2 aliphatic rings. The molecule has 0 radical (unpaired) electrons. The molecule has 2 heterocycles. The van der Waals surface area contributed by atoms with Gasteiger partial charge >= 0.3 is 0 Å². The van der Waals surface area contributed by atoms with Crippen molar-refractivity contribution in [2.24, 2.45) is 0 Å². The van der Waals surface area contributed by atoms with Crippen molar-refractivity contribution in [3.05, 3.63) is 59.7 Å². The lowest BCUT2D eigenvalue weighted by Gasteiger charge is -2.35. The van der Waals surface area contributed by atoms with Crippen molar-refractivity contribution >= 4 is 34.8 Å². The molecule has 132 valence electrons. The number of rotatable bonds is 1. The van der Waals surface area contributed by atoms with Crippen LogP contribution in [0.2, 0.25) is 0 Å². The Morgan fingerprint density at radius 1 is 0.885 bits per heavy atom. The molecule has 0 atom stereocenters. The van der Waals surface area contributed by atoms with Crippen LogP contribution < -0.4 is 4.90 Å². The first-order chi connectivity index (χ1) is 12.2. The summed E-state index contributed by atoms with van der Waals surface area (Å²) < 4.78 is 0. The molecular weight excluding hydrogens is 346 g/mol. The molecule has 26 heavy (non-hydrogen) atoms. The van der Waals surface area contributed by atoms with E-state index in [9.17, 15) is 4.79 Å². The third-order valence-corrected chi connectivity index (χ3v) is 5.34. The second kappa shape index (κ2) is 6.38. The number of fused-ring (bicyclic) bond motifs is 4. The molecule has 1 aliphatic carbocycles. The molecule has 0 saturated carbocycles. The first-order valence-corrected chi connectivity index (χ1v) is 8.74. The predicted molar refractivity (Wildman–Crippen MR) is 108 cm³/mol. The smallest absolute Gasteiger partial charge is 0.198 e. The lowest BCUT2D eigenvalue weighted by atomic mass is 10.0. The minimum atomic E-state index is 0. The van der Waals surface area contributed by atoms with Gasteiger partial charge in [-0.1, -0.05) is 42.5 Å². The zero-order valence-corrected chi connectivity index (χ0v) is 15.4. The zero-order chi connectivity index (χ0) is 17.0. The number of aromatic nitrogens is 1. The number of para-hydroxylation sites is 1. The Balaban J connectivity index is 0.00000168. The van der Waals surface area contributed by atoms with Crippen molar-refractivity contribution in [1.82, 2.24) is 9.88 Å². The fourth-order valence-corrected chi connectivity index (χ4v) is 3.99. The number of halogens is 1. The molecule has 2 aromatic carbocycles. The minimum absolute atomic E-state index is 0. The van der Waals surface area contributed by atoms with E-state index in [-0.39, 0.29) is 18.2 Å². The summed E-state index contributed by atoms with van der Waals surface area (Å²) in [5, 5.41) is 1.08. The van der Waals surface area contributed by atoms with Gasteiger partial charge in [-0.05, 0) is 13.1 Å². The maximum atomic E-state index is 13.2. The van der Waals surface area contributed by atoms with Crippen molar-refractivity contribution < 1.29 is 4.79 Å². The zero-order valence-electron chi connectivity index (χ0n) is 14.6. The number of likely N-dealkylation sites (N-methyl/N-ethyl adjacent to an activating group) is 1. The Bertz CT molecular complexity index is 1010. The molecule has 3 aromatic rings. The number of pyridine rings is 1. The highest BCUT2D eigenvalue weighted by atomic mass is 35.5. The van der Waals surface area contributed by atoms with E-state index in [1.165, 1.54) is 0 Å². The molecule has 5 rings (SSSR count). The largest absolute Gasteiger partial charge is 0.368 e. The van der Waals surface area contributed by atoms with Crippen LogP contribution >= 0.6 is 12.4 Å². The average molecular weight is 366 g/mol. The van der Waals surface area contributed by atoms with E-state index in [0.717, 1.165) is 65.2 Å². The number of hydrogen-bond acceptors (Lipinski definition) is 4. The summed E-state index contributed by atoms with van der Waals surface area (Å²) in [5.41, 5.74) is 5.38. The predicted octanol–water partition coefficient (Wildman–Crippen LogP) is 3.62. The maximum Gasteiger partial charge on any atom is 0.198 e. The summed E-state index contributed by atoms with van der Waals surface area (Å²) >= 11 is 0. The number of benzene rings is 2. The fourth-order valence-electron chi connectivity index (χ4n) is 3.99. The van der Waals surface area contributed by atoms with E-state index in [1.54, 1.807) is 0 Å². The van der Waals surface area contributed by atoms with Crippen LogP contribution in [0.15, 0.2) is 48.5 Å². The van der Waals surface area contributed by atoms with Crippen LogP contribution in [0.5, 0.6) is 0 Å². The maximum absolute atomic E-state index is 13.2. The summed E-state index contributed by atoms with van der Waals surface area (Å²) in [6, 6.07) is 16.0. The van der Waals surface area contributed by atoms with E-state index >= 15 is 0 Å². The van der Waals surface area contributed by atoms with Gasteiger partial charge in [-0.2, -0.15) is 0 Å². The number of nitrogens with zero attached hydrogens (tertiary/aromatic N) is 3. The summed E-state index contributed by atoms with van der Waals surface area (Å²) in [5.74, 6) is 0.109. The third-order valence-electron chi connectivity index (χ3n) is 5.34. The molecule has 5 heteroatoms. The second-order valence-corrected chi connectivity index (χ2v) is 6.87. The Labute approximate surface area is 158 Å². The monoisotopic (exact) mass is 365 g/mol. The highest BCUT2D eigenvalue weighted by molar-refractivity contribution is 6.26. The highest BCUT2D eigenvalue weighted by Gasteiger charge is 2.34. The number of hydrogen-bond donors (Lipinski definition) is 0. The van der Waals surface area contributed by atoms with Crippen LogP contribution in [0.3, 0.4) is 0 Å². The van der Waals surface area contributed by atoms with Crippen LogP contribution in [0.25, 0.3) is 22.2 Å². The van der Waals surface area contributed by atoms with Gasteiger partial charge in [0.15, 0.2) is 5.78 Å². The quantitative estimate of drug-likeness (QED) is 0.516. The Morgan fingerprint density at radius 3 is 2.31 bits per heavy atom. The standard InChI is InChI=1S/C21H19N3O.ClH/c1-23-10-12-24(13-11-23)20-16-8-4-5-9-17(16)22-19-14-6-2-3-7-15(14)21(25)18(19)20;/h2-9H,10-13H2,1H3;1H. The highest BCUT2D eigenvalue weighted by Crippen LogP contribution is 2.43. The normalized spacial score (nSPS) is 16.3. The SMILES string of the molecule is CN1CCN(c2c3c(nc4ccccc24)-c2ccccc2C3=O)CC1.Cl. The molecule has 0 N–H and O–H groups in total. The van der Waals surface area contributed by atoms with Crippen molar-refractivity contribution in [3.63, 3.8) is 0 Å². The Hall–Kier alpha value is -2.43. The molecule has 0 bridgehead atoms. The van der Waals surface area contributed by atoms with Gasteiger partial charge < -0.3 is 9.80 Å². The van der Waals surface area contributed by atoms with E-state index in [4.69, 9.17) is 4.98 Å². The van der Waals surface area contributed by atoms with Crippen molar-refractivity contribution in [1.29, 1.82) is 0 Å². The van der Waals surface area contributed by atoms with Gasteiger partial charge in [0.1, 0.15) is 0 Å². The Kier molecular flexibility index (Phi) is 4.17. The van der Waals surface area contributed by atoms with Gasteiger partial charge in [-0.15, -0.1) is 12.4 Å². The topological polar surface area (TPSA) is 36.4 Å². The van der Waals surface area contributed by atoms with Crippen LogP contribution in [0.1, 0.15) is 15.9 Å². The molecule has 1 fully saturated rings. The van der Waals surface area contributed by atoms with E-state index < -0.39 is 0 Å². The van der Waals surface area contributed by atoms with Gasteiger partial charge in [0, 0.05) is 42.7 Å². The van der Waals surface area contributed by atoms with E-state index in [0.29, 0.717) is 0 Å². The summed E-state index contributed by atoms with van der Waals surface area (Å²) in [4.78, 5) is 22.7. The van der Waals surface area contributed by atoms with Crippen molar-refractivity contribution in [3.8, 4) is 11.3 Å². The molecule has 0 spiro atoms. The van der Waals surface area contributed by atoms with Crippen molar-refractivity contribution in [2.75, 3.05) is 38.1 Å². The minimum Gasteiger partial charge on any atom is -0.368 e. The second-order valence-electron chi connectivity index (χ2n) is 6.87. The van der Waals surface area contributed by atoms with Crippen LogP contribution in [0.4, 0.5) is 5.69 Å². The fraction of sp³-hybridized carbons (Fsp3) is 0.238. The molecule has 0 unspecified atom stereocenters.